The Balaban J connectivity index is 2.02. The summed E-state index contributed by atoms with van der Waals surface area (Å²) < 4.78 is 68.2. The van der Waals surface area contributed by atoms with Crippen molar-refractivity contribution in [3.05, 3.63) is 46.7 Å². The normalized spacial score (nSPS) is 12.3. The molecule has 0 amide bonds. The van der Waals surface area contributed by atoms with Crippen molar-refractivity contribution >= 4 is 32.5 Å². The second-order valence-corrected chi connectivity index (χ2v) is 10.0. The number of pyridine rings is 1. The van der Waals surface area contributed by atoms with Crippen LogP contribution in [0.25, 0.3) is 33.9 Å². The number of nitriles is 1. The van der Waals surface area contributed by atoms with Crippen molar-refractivity contribution in [3.63, 3.8) is 0 Å². The lowest BCUT2D eigenvalue weighted by atomic mass is 10.1. The number of imidazole rings is 2. The average Bonchev–Trinajstić information content (AvgIpc) is 3.30. The SMILES string of the molecule is CCS(=O)(=O)c1c(-c2nc3cc(C(F)(F)F)ncc3n2C)nc(-c2ccc(Cl)c(C#N)c2)n1C. The van der Waals surface area contributed by atoms with Crippen molar-refractivity contribution < 1.29 is 21.6 Å². The van der Waals surface area contributed by atoms with Gasteiger partial charge in [0.2, 0.25) is 0 Å². The van der Waals surface area contributed by atoms with Gasteiger partial charge in [-0.15, -0.1) is 0 Å². The van der Waals surface area contributed by atoms with E-state index in [0.717, 1.165) is 12.3 Å². The van der Waals surface area contributed by atoms with Crippen LogP contribution in [0.1, 0.15) is 18.2 Å². The van der Waals surface area contributed by atoms with E-state index in [1.165, 1.54) is 42.3 Å². The molecule has 0 saturated carbocycles. The van der Waals surface area contributed by atoms with Gasteiger partial charge in [-0.25, -0.2) is 23.4 Å². The summed E-state index contributed by atoms with van der Waals surface area (Å²) in [4.78, 5) is 12.2. The van der Waals surface area contributed by atoms with Crippen molar-refractivity contribution in [1.82, 2.24) is 24.1 Å². The number of hydrogen-bond acceptors (Lipinski definition) is 6. The number of aryl methyl sites for hydroxylation is 1. The zero-order chi connectivity index (χ0) is 25.0. The van der Waals surface area contributed by atoms with Gasteiger partial charge in [0.25, 0.3) is 0 Å². The molecular formula is C21H16ClF3N6O2S. The van der Waals surface area contributed by atoms with E-state index >= 15 is 0 Å². The number of nitrogens with zero attached hydrogens (tertiary/aromatic N) is 6. The van der Waals surface area contributed by atoms with Gasteiger partial charge in [-0.05, 0) is 24.3 Å². The lowest BCUT2D eigenvalue weighted by molar-refractivity contribution is -0.141. The van der Waals surface area contributed by atoms with E-state index in [9.17, 15) is 26.9 Å². The molecule has 0 radical (unpaired) electrons. The van der Waals surface area contributed by atoms with E-state index in [0.29, 0.717) is 5.56 Å². The molecule has 3 aromatic heterocycles. The number of hydrogen-bond donors (Lipinski definition) is 0. The number of aromatic nitrogens is 5. The van der Waals surface area contributed by atoms with Gasteiger partial charge in [0, 0.05) is 19.7 Å². The molecule has 0 fully saturated rings. The van der Waals surface area contributed by atoms with Gasteiger partial charge < -0.3 is 9.13 Å². The summed E-state index contributed by atoms with van der Waals surface area (Å²) in [5.41, 5.74) is -0.268. The molecule has 4 rings (SSSR count). The van der Waals surface area contributed by atoms with E-state index in [2.05, 4.69) is 15.0 Å². The summed E-state index contributed by atoms with van der Waals surface area (Å²) in [6.45, 7) is 1.47. The molecule has 34 heavy (non-hydrogen) atoms. The predicted octanol–water partition coefficient (Wildman–Crippen LogP) is 4.37. The highest BCUT2D eigenvalue weighted by Crippen LogP contribution is 2.35. The number of fused-ring (bicyclic) bond motifs is 1. The molecule has 1 aromatic carbocycles. The number of benzene rings is 1. The van der Waals surface area contributed by atoms with E-state index in [-0.39, 0.29) is 49.7 Å². The summed E-state index contributed by atoms with van der Waals surface area (Å²) >= 11 is 6.02. The Morgan fingerprint density at radius 3 is 2.44 bits per heavy atom. The highest BCUT2D eigenvalue weighted by molar-refractivity contribution is 7.91. The van der Waals surface area contributed by atoms with Gasteiger partial charge in [-0.3, -0.25) is 0 Å². The van der Waals surface area contributed by atoms with Crippen LogP contribution in [0.3, 0.4) is 0 Å². The molecule has 0 N–H and O–H groups in total. The molecule has 3 heterocycles. The van der Waals surface area contributed by atoms with E-state index < -0.39 is 21.7 Å². The highest BCUT2D eigenvalue weighted by Gasteiger charge is 2.34. The Kier molecular flexibility index (Phi) is 5.65. The quantitative estimate of drug-likeness (QED) is 0.405. The van der Waals surface area contributed by atoms with Gasteiger partial charge in [-0.2, -0.15) is 18.4 Å². The monoisotopic (exact) mass is 508 g/mol. The maximum absolute atomic E-state index is 13.1. The van der Waals surface area contributed by atoms with Gasteiger partial charge in [0.05, 0.1) is 33.6 Å². The lowest BCUT2D eigenvalue weighted by Crippen LogP contribution is -2.11. The molecule has 0 unspecified atom stereocenters. The molecule has 13 heteroatoms. The van der Waals surface area contributed by atoms with Crippen LogP contribution in [-0.2, 0) is 30.1 Å². The predicted molar refractivity (Wildman–Crippen MR) is 119 cm³/mol. The van der Waals surface area contributed by atoms with E-state index in [4.69, 9.17) is 11.6 Å². The van der Waals surface area contributed by atoms with Crippen LogP contribution in [0.15, 0.2) is 35.5 Å². The van der Waals surface area contributed by atoms with Crippen LogP contribution in [0.5, 0.6) is 0 Å². The van der Waals surface area contributed by atoms with Gasteiger partial charge in [-0.1, -0.05) is 18.5 Å². The number of rotatable bonds is 4. The Morgan fingerprint density at radius 1 is 1.12 bits per heavy atom. The van der Waals surface area contributed by atoms with Gasteiger partial charge in [0.1, 0.15) is 23.3 Å². The Hall–Kier alpha value is -3.43. The van der Waals surface area contributed by atoms with Crippen molar-refractivity contribution in [2.24, 2.45) is 14.1 Å². The highest BCUT2D eigenvalue weighted by atomic mass is 35.5. The smallest absolute Gasteiger partial charge is 0.324 e. The summed E-state index contributed by atoms with van der Waals surface area (Å²) in [5, 5.41) is 9.38. The van der Waals surface area contributed by atoms with Crippen LogP contribution in [-0.4, -0.2) is 38.3 Å². The second kappa shape index (κ2) is 8.11. The minimum Gasteiger partial charge on any atom is -0.324 e. The molecule has 4 aromatic rings. The zero-order valence-electron chi connectivity index (χ0n) is 18.0. The van der Waals surface area contributed by atoms with Crippen molar-refractivity contribution in [2.45, 2.75) is 18.1 Å². The second-order valence-electron chi connectivity index (χ2n) is 7.41. The third-order valence-electron chi connectivity index (χ3n) is 5.33. The third kappa shape index (κ3) is 3.80. The minimum absolute atomic E-state index is 0.00914. The molecular weight excluding hydrogens is 493 g/mol. The molecule has 0 atom stereocenters. The summed E-state index contributed by atoms with van der Waals surface area (Å²) in [6, 6.07) is 7.33. The van der Waals surface area contributed by atoms with Gasteiger partial charge in [0.15, 0.2) is 20.7 Å². The molecule has 8 nitrogen and oxygen atoms in total. The molecule has 0 aliphatic heterocycles. The summed E-state index contributed by atoms with van der Waals surface area (Å²) in [6.07, 6.45) is -3.63. The maximum Gasteiger partial charge on any atom is 0.433 e. The van der Waals surface area contributed by atoms with Crippen LogP contribution in [0.4, 0.5) is 13.2 Å². The van der Waals surface area contributed by atoms with Gasteiger partial charge >= 0.3 is 6.18 Å². The van der Waals surface area contributed by atoms with Crippen molar-refractivity contribution in [1.29, 1.82) is 5.26 Å². The Bertz CT molecular complexity index is 1600. The van der Waals surface area contributed by atoms with Crippen LogP contribution >= 0.6 is 11.6 Å². The zero-order valence-corrected chi connectivity index (χ0v) is 19.6. The Labute approximate surface area is 197 Å². The largest absolute Gasteiger partial charge is 0.433 e. The maximum atomic E-state index is 13.1. The van der Waals surface area contributed by atoms with Crippen LogP contribution < -0.4 is 0 Å². The van der Waals surface area contributed by atoms with Crippen molar-refractivity contribution in [2.75, 3.05) is 5.75 Å². The molecule has 0 aliphatic carbocycles. The van der Waals surface area contributed by atoms with E-state index in [1.807, 2.05) is 6.07 Å². The first kappa shape index (κ1) is 23.7. The molecule has 176 valence electrons. The summed E-state index contributed by atoms with van der Waals surface area (Å²) in [5.74, 6) is 0.0306. The number of halogens is 4. The third-order valence-corrected chi connectivity index (χ3v) is 7.48. The van der Waals surface area contributed by atoms with Crippen molar-refractivity contribution in [3.8, 4) is 29.0 Å². The standard InChI is InChI=1S/C21H16ClF3N6O2S/c1-4-34(32,33)20-17(29-18(31(20)3)11-5-6-13(22)12(7-11)9-26)19-28-14-8-16(21(23,24)25)27-10-15(14)30(19)2/h5-8,10H,4H2,1-3H3. The molecule has 0 saturated heterocycles. The minimum atomic E-state index is -4.66. The molecule has 0 bridgehead atoms. The molecule has 0 spiro atoms. The topological polar surface area (TPSA) is 106 Å². The first-order valence-electron chi connectivity index (χ1n) is 9.78. The fraction of sp³-hybridized carbons (Fsp3) is 0.238. The fourth-order valence-electron chi connectivity index (χ4n) is 3.59. The average molecular weight is 509 g/mol. The first-order valence-corrected chi connectivity index (χ1v) is 11.8. The van der Waals surface area contributed by atoms with E-state index in [1.54, 1.807) is 6.07 Å². The lowest BCUT2D eigenvalue weighted by Gasteiger charge is -2.08. The van der Waals surface area contributed by atoms with Crippen LogP contribution in [0, 0.1) is 11.3 Å². The first-order chi connectivity index (χ1) is 15.9. The number of sulfone groups is 1. The number of alkyl halides is 3. The summed E-state index contributed by atoms with van der Waals surface area (Å²) in [7, 11) is -0.809. The van der Waals surface area contributed by atoms with Crippen LogP contribution in [0.2, 0.25) is 5.02 Å². The fourth-order valence-corrected chi connectivity index (χ4v) is 4.95. The Morgan fingerprint density at radius 2 is 1.82 bits per heavy atom. The molecule has 0 aliphatic rings.